The highest BCUT2D eigenvalue weighted by molar-refractivity contribution is 9.10. The van der Waals surface area contributed by atoms with Crippen LogP contribution in [0.5, 0.6) is 0 Å². The second-order valence-electron chi connectivity index (χ2n) is 5.44. The van der Waals surface area contributed by atoms with Crippen LogP contribution in [0.3, 0.4) is 0 Å². The summed E-state index contributed by atoms with van der Waals surface area (Å²) in [5, 5.41) is 7.62. The van der Waals surface area contributed by atoms with E-state index in [2.05, 4.69) is 36.4 Å². The average Bonchev–Trinajstić information content (AvgIpc) is 2.63. The normalized spacial score (nSPS) is 12.7. The lowest BCUT2D eigenvalue weighted by atomic mass is 10.1. The van der Waals surface area contributed by atoms with Gasteiger partial charge >= 0.3 is 14.3 Å². The monoisotopic (exact) mass is 455 g/mol. The predicted octanol–water partition coefficient (Wildman–Crippen LogP) is 2.65. The minimum Gasteiger partial charge on any atom is -0.331 e. The number of urea groups is 1. The van der Waals surface area contributed by atoms with E-state index in [0.29, 0.717) is 5.69 Å². The van der Waals surface area contributed by atoms with Gasteiger partial charge in [0.25, 0.3) is 0 Å². The summed E-state index contributed by atoms with van der Waals surface area (Å²) >= 11 is 3.31. The van der Waals surface area contributed by atoms with Gasteiger partial charge in [-0.3, -0.25) is 13.9 Å². The van der Waals surface area contributed by atoms with Gasteiger partial charge in [-0.1, -0.05) is 46.3 Å². The highest BCUT2D eigenvalue weighted by Crippen LogP contribution is 2.14. The van der Waals surface area contributed by atoms with Crippen molar-refractivity contribution in [2.45, 2.75) is 12.5 Å². The summed E-state index contributed by atoms with van der Waals surface area (Å²) < 4.78 is 15.9. The fourth-order valence-corrected chi connectivity index (χ4v) is 2.67. The molecule has 2 rings (SSSR count). The third kappa shape index (κ3) is 7.92. The quantitative estimate of drug-likeness (QED) is 0.360. The number of hydrogen-bond acceptors (Lipinski definition) is 4. The van der Waals surface area contributed by atoms with Crippen LogP contribution in [0.4, 0.5) is 10.5 Å². The van der Waals surface area contributed by atoms with E-state index in [1.807, 2.05) is 30.3 Å². The molecule has 0 aliphatic rings. The predicted molar refractivity (Wildman–Crippen MR) is 106 cm³/mol. The molecule has 0 spiro atoms. The Morgan fingerprint density at radius 1 is 1.11 bits per heavy atom. The molecular weight excluding hydrogens is 437 g/mol. The first-order chi connectivity index (χ1) is 12.9. The lowest BCUT2D eigenvalue weighted by Gasteiger charge is -2.19. The Kier molecular flexibility index (Phi) is 8.47. The van der Waals surface area contributed by atoms with Crippen molar-refractivity contribution in [3.05, 3.63) is 64.6 Å². The summed E-state index contributed by atoms with van der Waals surface area (Å²) in [5.41, 5.74) is 1.41. The molecule has 4 N–H and O–H groups in total. The van der Waals surface area contributed by atoms with Crippen molar-refractivity contribution in [2.24, 2.45) is 0 Å². The fraction of sp³-hybridized carbons (Fsp3) is 0.176. The minimum absolute atomic E-state index is 0.245. The number of nitrogens with one attached hydrogen (secondary N) is 3. The van der Waals surface area contributed by atoms with Crippen LogP contribution >= 0.6 is 24.2 Å². The van der Waals surface area contributed by atoms with Gasteiger partial charge in [0.05, 0.1) is 0 Å². The van der Waals surface area contributed by atoms with Crippen molar-refractivity contribution in [3.63, 3.8) is 0 Å². The van der Waals surface area contributed by atoms with Crippen LogP contribution < -0.4 is 16.0 Å². The standard InChI is InChI=1S/C17H19BrN3O5P/c18-13-6-8-14(9-7-13)20-17(23)21-15(10-12-4-2-1-3-5-12)16(22)19-11-26-27(24)25/h1-9,15,27H,10-11H2,(H,19,22)(H,24,25)(H2,20,21,23)/t15-/m0/s1. The van der Waals surface area contributed by atoms with Gasteiger partial charge in [-0.05, 0) is 29.8 Å². The van der Waals surface area contributed by atoms with Crippen molar-refractivity contribution in [1.82, 2.24) is 10.6 Å². The molecule has 0 heterocycles. The zero-order valence-electron chi connectivity index (χ0n) is 14.1. The molecule has 3 amide bonds. The van der Waals surface area contributed by atoms with Crippen molar-refractivity contribution in [1.29, 1.82) is 0 Å². The summed E-state index contributed by atoms with van der Waals surface area (Å²) in [6.07, 6.45) is 0.245. The van der Waals surface area contributed by atoms with E-state index in [1.165, 1.54) is 0 Å². The zero-order valence-corrected chi connectivity index (χ0v) is 16.7. The van der Waals surface area contributed by atoms with Crippen LogP contribution in [0.2, 0.25) is 0 Å². The van der Waals surface area contributed by atoms with E-state index in [1.54, 1.807) is 24.3 Å². The van der Waals surface area contributed by atoms with Crippen LogP contribution in [-0.2, 0) is 20.3 Å². The van der Waals surface area contributed by atoms with Crippen molar-refractivity contribution < 1.29 is 23.6 Å². The van der Waals surface area contributed by atoms with Gasteiger partial charge in [0, 0.05) is 16.6 Å². The van der Waals surface area contributed by atoms with E-state index in [-0.39, 0.29) is 6.42 Å². The smallest absolute Gasteiger partial charge is 0.319 e. The molecule has 0 radical (unpaired) electrons. The Hall–Kier alpha value is -2.19. The molecular formula is C17H19BrN3O5P. The molecule has 0 saturated carbocycles. The third-order valence-electron chi connectivity index (χ3n) is 3.45. The van der Waals surface area contributed by atoms with Crippen LogP contribution in [0.1, 0.15) is 5.56 Å². The summed E-state index contributed by atoms with van der Waals surface area (Å²) in [6, 6.07) is 14.7. The van der Waals surface area contributed by atoms with Crippen LogP contribution in [-0.4, -0.2) is 29.6 Å². The van der Waals surface area contributed by atoms with Gasteiger partial charge < -0.3 is 20.8 Å². The van der Waals surface area contributed by atoms with Crippen LogP contribution in [0.25, 0.3) is 0 Å². The molecule has 0 aromatic heterocycles. The van der Waals surface area contributed by atoms with Gasteiger partial charge in [-0.25, -0.2) is 4.79 Å². The Bertz CT molecular complexity index is 789. The SMILES string of the molecule is O=C(Nc1ccc(Br)cc1)N[C@@H](Cc1ccccc1)C(=O)NCO[PH](=O)O. The van der Waals surface area contributed by atoms with Gasteiger partial charge in [0.1, 0.15) is 12.8 Å². The molecule has 1 unspecified atom stereocenters. The van der Waals surface area contributed by atoms with E-state index in [0.717, 1.165) is 10.0 Å². The Morgan fingerprint density at radius 2 is 1.78 bits per heavy atom. The van der Waals surface area contributed by atoms with Gasteiger partial charge in [-0.15, -0.1) is 0 Å². The van der Waals surface area contributed by atoms with Gasteiger partial charge in [-0.2, -0.15) is 0 Å². The highest BCUT2D eigenvalue weighted by Gasteiger charge is 2.21. The number of amides is 3. The zero-order chi connectivity index (χ0) is 19.6. The number of carbonyl (C=O) groups is 2. The lowest BCUT2D eigenvalue weighted by molar-refractivity contribution is -0.123. The van der Waals surface area contributed by atoms with Gasteiger partial charge in [0.2, 0.25) is 5.91 Å². The number of anilines is 1. The average molecular weight is 456 g/mol. The minimum atomic E-state index is -3.15. The molecule has 0 aliphatic heterocycles. The molecule has 10 heteroatoms. The maximum Gasteiger partial charge on any atom is 0.319 e. The first kappa shape index (κ1) is 21.1. The van der Waals surface area contributed by atoms with E-state index < -0.39 is 33.0 Å². The molecule has 0 saturated heterocycles. The summed E-state index contributed by atoms with van der Waals surface area (Å²) in [5.74, 6) is -0.534. The first-order valence-corrected chi connectivity index (χ1v) is 10.00. The number of rotatable bonds is 8. The van der Waals surface area contributed by atoms with E-state index >= 15 is 0 Å². The molecule has 0 aliphatic carbocycles. The maximum atomic E-state index is 12.3. The third-order valence-corrected chi connectivity index (χ3v) is 4.37. The molecule has 27 heavy (non-hydrogen) atoms. The summed E-state index contributed by atoms with van der Waals surface area (Å²) in [4.78, 5) is 33.3. The topological polar surface area (TPSA) is 117 Å². The maximum absolute atomic E-state index is 12.3. The number of benzene rings is 2. The fourth-order valence-electron chi connectivity index (χ4n) is 2.21. The Labute approximate surface area is 165 Å². The Balaban J connectivity index is 2.01. The molecule has 2 aromatic rings. The first-order valence-electron chi connectivity index (χ1n) is 7.94. The molecule has 144 valence electrons. The lowest BCUT2D eigenvalue weighted by Crippen LogP contribution is -2.49. The van der Waals surface area contributed by atoms with Gasteiger partial charge in [0.15, 0.2) is 0 Å². The molecule has 0 fully saturated rings. The summed E-state index contributed by atoms with van der Waals surface area (Å²) in [6.45, 7) is -0.422. The molecule has 2 aromatic carbocycles. The van der Waals surface area contributed by atoms with Crippen molar-refractivity contribution in [3.8, 4) is 0 Å². The second kappa shape index (κ2) is 10.8. The molecule has 8 nitrogen and oxygen atoms in total. The van der Waals surface area contributed by atoms with E-state index in [4.69, 9.17) is 4.89 Å². The summed E-state index contributed by atoms with van der Waals surface area (Å²) in [7, 11) is -3.15. The molecule has 0 bridgehead atoms. The second-order valence-corrected chi connectivity index (χ2v) is 7.18. The largest absolute Gasteiger partial charge is 0.331 e. The number of carbonyl (C=O) groups excluding carboxylic acids is 2. The van der Waals surface area contributed by atoms with Crippen molar-refractivity contribution in [2.75, 3.05) is 12.0 Å². The number of halogens is 1. The van der Waals surface area contributed by atoms with E-state index in [9.17, 15) is 14.2 Å². The molecule has 2 atom stereocenters. The van der Waals surface area contributed by atoms with Crippen LogP contribution in [0.15, 0.2) is 59.1 Å². The Morgan fingerprint density at radius 3 is 2.41 bits per heavy atom. The van der Waals surface area contributed by atoms with Crippen LogP contribution in [0, 0.1) is 0 Å². The highest BCUT2D eigenvalue weighted by atomic mass is 79.9. The number of hydrogen-bond donors (Lipinski definition) is 4. The van der Waals surface area contributed by atoms with Crippen molar-refractivity contribution >= 4 is 41.8 Å².